The van der Waals surface area contributed by atoms with E-state index in [0.717, 1.165) is 22.5 Å². The summed E-state index contributed by atoms with van der Waals surface area (Å²) in [5.74, 6) is 0. The van der Waals surface area contributed by atoms with Crippen LogP contribution in [0.2, 0.25) is 0 Å². The third-order valence-corrected chi connectivity index (χ3v) is 2.72. The molecule has 1 radical (unpaired) electrons. The van der Waals surface area contributed by atoms with Crippen molar-refractivity contribution < 1.29 is 20.1 Å². The molecule has 0 bridgehead atoms. The standard InChI is InChI=1S/C16H11N2.Ir/c1-3-7-13(8-4-1)15-11-16(18-12-17-15)14-9-5-2-6-10-14;/h1-9,11-12H;/q-1;. The van der Waals surface area contributed by atoms with Gasteiger partial charge in [0.1, 0.15) is 6.33 Å². The van der Waals surface area contributed by atoms with Crippen molar-refractivity contribution in [3.05, 3.63) is 73.1 Å². The van der Waals surface area contributed by atoms with Crippen LogP contribution in [0.1, 0.15) is 0 Å². The zero-order valence-corrected chi connectivity index (χ0v) is 12.5. The molecule has 0 fully saturated rings. The van der Waals surface area contributed by atoms with Crippen molar-refractivity contribution in [2.75, 3.05) is 0 Å². The van der Waals surface area contributed by atoms with Crippen molar-refractivity contribution >= 4 is 0 Å². The van der Waals surface area contributed by atoms with Crippen LogP contribution in [0, 0.1) is 6.07 Å². The van der Waals surface area contributed by atoms with Crippen molar-refractivity contribution in [1.82, 2.24) is 9.97 Å². The molecule has 2 nitrogen and oxygen atoms in total. The molecule has 0 aliphatic carbocycles. The van der Waals surface area contributed by atoms with Gasteiger partial charge in [0.25, 0.3) is 0 Å². The van der Waals surface area contributed by atoms with Gasteiger partial charge in [-0.05, 0) is 11.3 Å². The summed E-state index contributed by atoms with van der Waals surface area (Å²) in [5.41, 5.74) is 3.90. The van der Waals surface area contributed by atoms with Crippen molar-refractivity contribution in [3.8, 4) is 22.5 Å². The first kappa shape index (κ1) is 13.6. The number of nitrogens with zero attached hydrogens (tertiary/aromatic N) is 2. The smallest absolute Gasteiger partial charge is 0.106 e. The van der Waals surface area contributed by atoms with Crippen LogP contribution in [0.25, 0.3) is 22.5 Å². The van der Waals surface area contributed by atoms with Crippen LogP contribution < -0.4 is 0 Å². The molecule has 3 rings (SSSR count). The van der Waals surface area contributed by atoms with E-state index in [4.69, 9.17) is 0 Å². The quantitative estimate of drug-likeness (QED) is 0.589. The number of rotatable bonds is 2. The minimum atomic E-state index is 0. The van der Waals surface area contributed by atoms with Crippen molar-refractivity contribution in [1.29, 1.82) is 0 Å². The van der Waals surface area contributed by atoms with Gasteiger partial charge in [-0.3, -0.25) is 4.98 Å². The summed E-state index contributed by atoms with van der Waals surface area (Å²) in [4.78, 5) is 8.60. The second-order valence-electron chi connectivity index (χ2n) is 3.93. The molecular weight excluding hydrogens is 412 g/mol. The molecule has 3 heteroatoms. The Morgan fingerprint density at radius 3 is 2.26 bits per heavy atom. The fourth-order valence-electron chi connectivity index (χ4n) is 1.82. The van der Waals surface area contributed by atoms with Crippen molar-refractivity contribution in [2.24, 2.45) is 0 Å². The average Bonchev–Trinajstić information content (AvgIpc) is 2.49. The summed E-state index contributed by atoms with van der Waals surface area (Å²) >= 11 is 0. The van der Waals surface area contributed by atoms with Gasteiger partial charge in [-0.25, -0.2) is 4.98 Å². The Labute approximate surface area is 125 Å². The van der Waals surface area contributed by atoms with E-state index in [1.165, 1.54) is 0 Å². The summed E-state index contributed by atoms with van der Waals surface area (Å²) in [5, 5.41) is 0. The molecule has 0 amide bonds. The molecule has 0 unspecified atom stereocenters. The first-order valence-electron chi connectivity index (χ1n) is 5.78. The van der Waals surface area contributed by atoms with Gasteiger partial charge >= 0.3 is 0 Å². The number of benzene rings is 2. The first-order valence-corrected chi connectivity index (χ1v) is 5.78. The Morgan fingerprint density at radius 1 is 0.789 bits per heavy atom. The van der Waals surface area contributed by atoms with E-state index in [2.05, 4.69) is 16.0 Å². The van der Waals surface area contributed by atoms with E-state index in [0.29, 0.717) is 0 Å². The summed E-state index contributed by atoms with van der Waals surface area (Å²) < 4.78 is 0. The zero-order chi connectivity index (χ0) is 12.2. The van der Waals surface area contributed by atoms with Gasteiger partial charge < -0.3 is 0 Å². The Kier molecular flexibility index (Phi) is 4.56. The largest absolute Gasteiger partial charge is 0.286 e. The maximum Gasteiger partial charge on any atom is 0.106 e. The van der Waals surface area contributed by atoms with Gasteiger partial charge in [0.15, 0.2) is 0 Å². The fourth-order valence-corrected chi connectivity index (χ4v) is 1.82. The summed E-state index contributed by atoms with van der Waals surface area (Å²) in [7, 11) is 0. The van der Waals surface area contributed by atoms with Crippen LogP contribution in [0.5, 0.6) is 0 Å². The van der Waals surface area contributed by atoms with E-state index in [9.17, 15) is 0 Å². The van der Waals surface area contributed by atoms with Gasteiger partial charge in [-0.2, -0.15) is 0 Å². The molecule has 0 saturated heterocycles. The molecule has 95 valence electrons. The van der Waals surface area contributed by atoms with Crippen LogP contribution in [0.4, 0.5) is 0 Å². The molecule has 2 aromatic carbocycles. The molecule has 1 heterocycles. The van der Waals surface area contributed by atoms with Gasteiger partial charge in [0.2, 0.25) is 0 Å². The van der Waals surface area contributed by atoms with Crippen LogP contribution in [0.15, 0.2) is 67.0 Å². The SMILES string of the molecule is [Ir].[c-]1ccccc1-c1cc(-c2ccccc2)ncn1. The van der Waals surface area contributed by atoms with E-state index in [1.54, 1.807) is 6.33 Å². The molecular formula is C16H11IrN2-. The molecule has 0 saturated carbocycles. The van der Waals surface area contributed by atoms with Crippen LogP contribution in [-0.2, 0) is 20.1 Å². The number of hydrogen-bond donors (Lipinski definition) is 0. The van der Waals surface area contributed by atoms with Gasteiger partial charge in [0, 0.05) is 20.1 Å². The van der Waals surface area contributed by atoms with Crippen LogP contribution >= 0.6 is 0 Å². The maximum atomic E-state index is 4.31. The predicted octanol–water partition coefficient (Wildman–Crippen LogP) is 3.61. The zero-order valence-electron chi connectivity index (χ0n) is 10.1. The van der Waals surface area contributed by atoms with Crippen molar-refractivity contribution in [2.45, 2.75) is 0 Å². The van der Waals surface area contributed by atoms with E-state index < -0.39 is 0 Å². The molecule has 0 atom stereocenters. The van der Waals surface area contributed by atoms with Crippen LogP contribution in [0.3, 0.4) is 0 Å². The molecule has 0 spiro atoms. The van der Waals surface area contributed by atoms with E-state index in [1.807, 2.05) is 60.7 Å². The average molecular weight is 423 g/mol. The Morgan fingerprint density at radius 2 is 1.53 bits per heavy atom. The molecule has 1 aromatic heterocycles. The minimum Gasteiger partial charge on any atom is -0.286 e. The van der Waals surface area contributed by atoms with Gasteiger partial charge in [-0.1, -0.05) is 36.4 Å². The third kappa shape index (κ3) is 3.14. The first-order chi connectivity index (χ1) is 8.93. The second-order valence-corrected chi connectivity index (χ2v) is 3.93. The summed E-state index contributed by atoms with van der Waals surface area (Å²) in [6.45, 7) is 0. The second kappa shape index (κ2) is 6.37. The normalized spacial score (nSPS) is 9.68. The number of aromatic nitrogens is 2. The van der Waals surface area contributed by atoms with E-state index >= 15 is 0 Å². The molecule has 0 aliphatic heterocycles. The Hall–Kier alpha value is -1.83. The topological polar surface area (TPSA) is 25.8 Å². The van der Waals surface area contributed by atoms with Crippen molar-refractivity contribution in [3.63, 3.8) is 0 Å². The minimum absolute atomic E-state index is 0. The fraction of sp³-hybridized carbons (Fsp3) is 0. The van der Waals surface area contributed by atoms with Gasteiger partial charge in [0.05, 0.1) is 5.69 Å². The molecule has 3 aromatic rings. The van der Waals surface area contributed by atoms with Gasteiger partial charge in [-0.15, -0.1) is 35.9 Å². The summed E-state index contributed by atoms with van der Waals surface area (Å²) in [6.07, 6.45) is 1.60. The predicted molar refractivity (Wildman–Crippen MR) is 71.7 cm³/mol. The maximum absolute atomic E-state index is 4.31. The molecule has 0 aliphatic rings. The molecule has 19 heavy (non-hydrogen) atoms. The Balaban J connectivity index is 0.00000133. The third-order valence-electron chi connectivity index (χ3n) is 2.72. The summed E-state index contributed by atoms with van der Waals surface area (Å²) in [6, 6.07) is 23.1. The molecule has 0 N–H and O–H groups in total. The Bertz CT molecular complexity index is 584. The number of hydrogen-bond acceptors (Lipinski definition) is 2. The van der Waals surface area contributed by atoms with Crippen LogP contribution in [-0.4, -0.2) is 9.97 Å². The van der Waals surface area contributed by atoms with E-state index in [-0.39, 0.29) is 20.1 Å². The monoisotopic (exact) mass is 424 g/mol.